The molecule has 1 amide bonds. The smallest absolute Gasteiger partial charge is 0.341 e. The van der Waals surface area contributed by atoms with E-state index in [9.17, 15) is 14.9 Å². The second-order valence-electron chi connectivity index (χ2n) is 4.85. The van der Waals surface area contributed by atoms with E-state index in [1.165, 1.54) is 28.7 Å². The number of nitriles is 1. The Hall–Kier alpha value is -2.43. The molecule has 0 aliphatic rings. The van der Waals surface area contributed by atoms with Gasteiger partial charge in [0, 0.05) is 9.75 Å². The van der Waals surface area contributed by atoms with Crippen molar-refractivity contribution >= 4 is 45.6 Å². The van der Waals surface area contributed by atoms with E-state index in [1.807, 2.05) is 30.5 Å². The zero-order valence-electron chi connectivity index (χ0n) is 13.5. The number of amides is 1. The fourth-order valence-corrected chi connectivity index (χ4v) is 3.70. The van der Waals surface area contributed by atoms with E-state index in [2.05, 4.69) is 5.32 Å². The molecule has 7 heteroatoms. The van der Waals surface area contributed by atoms with Gasteiger partial charge in [-0.05, 0) is 43.9 Å². The minimum Gasteiger partial charge on any atom is -0.462 e. The summed E-state index contributed by atoms with van der Waals surface area (Å²) in [5, 5.41) is 14.2. The van der Waals surface area contributed by atoms with Crippen LogP contribution in [0.1, 0.15) is 32.6 Å². The average Bonchev–Trinajstić information content (AvgIpc) is 3.14. The van der Waals surface area contributed by atoms with Gasteiger partial charge >= 0.3 is 5.97 Å². The van der Waals surface area contributed by atoms with Crippen molar-refractivity contribution in [2.45, 2.75) is 20.8 Å². The summed E-state index contributed by atoms with van der Waals surface area (Å²) >= 11 is 2.73. The molecule has 24 heavy (non-hydrogen) atoms. The highest BCUT2D eigenvalue weighted by molar-refractivity contribution is 7.16. The number of esters is 1. The topological polar surface area (TPSA) is 79.2 Å². The van der Waals surface area contributed by atoms with Gasteiger partial charge in [-0.1, -0.05) is 6.07 Å². The van der Waals surface area contributed by atoms with E-state index < -0.39 is 11.9 Å². The fourth-order valence-electron chi connectivity index (χ4n) is 2.00. The lowest BCUT2D eigenvalue weighted by Gasteiger charge is -2.06. The Kier molecular flexibility index (Phi) is 5.90. The van der Waals surface area contributed by atoms with Gasteiger partial charge in [0.1, 0.15) is 16.6 Å². The van der Waals surface area contributed by atoms with Gasteiger partial charge in [-0.2, -0.15) is 5.26 Å². The van der Waals surface area contributed by atoms with Crippen molar-refractivity contribution in [2.24, 2.45) is 0 Å². The number of rotatable bonds is 5. The monoisotopic (exact) mass is 360 g/mol. The number of ether oxygens (including phenoxy) is 1. The molecule has 2 heterocycles. The third-order valence-corrected chi connectivity index (χ3v) is 5.23. The van der Waals surface area contributed by atoms with E-state index in [0.29, 0.717) is 10.6 Å². The number of thiophene rings is 2. The van der Waals surface area contributed by atoms with Crippen LogP contribution in [0, 0.1) is 25.2 Å². The first-order chi connectivity index (χ1) is 11.5. The zero-order chi connectivity index (χ0) is 17.7. The molecule has 0 saturated heterocycles. The number of nitrogens with zero attached hydrogens (tertiary/aromatic N) is 1. The number of carbonyl (C=O) groups excluding carboxylic acids is 2. The molecule has 0 fully saturated rings. The molecule has 2 aromatic rings. The number of carbonyl (C=O) groups is 2. The van der Waals surface area contributed by atoms with Crippen molar-refractivity contribution in [2.75, 3.05) is 11.9 Å². The summed E-state index contributed by atoms with van der Waals surface area (Å²) in [4.78, 5) is 26.2. The quantitative estimate of drug-likeness (QED) is 0.493. The first-order valence-electron chi connectivity index (χ1n) is 7.21. The van der Waals surface area contributed by atoms with Crippen molar-refractivity contribution in [1.29, 1.82) is 5.26 Å². The van der Waals surface area contributed by atoms with Gasteiger partial charge in [-0.25, -0.2) is 4.79 Å². The third kappa shape index (κ3) is 3.91. The molecule has 124 valence electrons. The normalized spacial score (nSPS) is 11.0. The first-order valence-corrected chi connectivity index (χ1v) is 8.91. The van der Waals surface area contributed by atoms with Crippen molar-refractivity contribution in [3.05, 3.63) is 44.0 Å². The van der Waals surface area contributed by atoms with Gasteiger partial charge in [0.25, 0.3) is 5.91 Å². The molecule has 0 radical (unpaired) electrons. The molecule has 0 bridgehead atoms. The van der Waals surface area contributed by atoms with E-state index in [-0.39, 0.29) is 12.2 Å². The van der Waals surface area contributed by atoms with Gasteiger partial charge < -0.3 is 10.1 Å². The lowest BCUT2D eigenvalue weighted by molar-refractivity contribution is -0.112. The molecular formula is C17H16N2O3S2. The fraction of sp³-hybridized carbons (Fsp3) is 0.235. The summed E-state index contributed by atoms with van der Waals surface area (Å²) in [7, 11) is 0. The van der Waals surface area contributed by atoms with Crippen LogP contribution in [0.15, 0.2) is 23.1 Å². The van der Waals surface area contributed by atoms with Crippen LogP contribution in [-0.2, 0) is 9.53 Å². The highest BCUT2D eigenvalue weighted by Crippen LogP contribution is 2.33. The summed E-state index contributed by atoms with van der Waals surface area (Å²) in [6, 6.07) is 5.56. The molecule has 2 rings (SSSR count). The van der Waals surface area contributed by atoms with Crippen LogP contribution in [0.2, 0.25) is 0 Å². The first kappa shape index (κ1) is 17.9. The van der Waals surface area contributed by atoms with Crippen LogP contribution in [0.3, 0.4) is 0 Å². The molecular weight excluding hydrogens is 344 g/mol. The largest absolute Gasteiger partial charge is 0.462 e. The van der Waals surface area contributed by atoms with Crippen LogP contribution in [0.5, 0.6) is 0 Å². The number of nitrogens with one attached hydrogen (secondary N) is 1. The molecule has 0 unspecified atom stereocenters. The van der Waals surface area contributed by atoms with Gasteiger partial charge in [0.05, 0.1) is 12.2 Å². The Morgan fingerprint density at radius 3 is 2.75 bits per heavy atom. The maximum absolute atomic E-state index is 12.4. The molecule has 5 nitrogen and oxygen atoms in total. The number of aryl methyl sites for hydroxylation is 1. The molecule has 0 aliphatic heterocycles. The zero-order valence-corrected chi connectivity index (χ0v) is 15.1. The minimum atomic E-state index is -0.544. The SMILES string of the molecule is CCOC(=O)c1c(NC(=O)/C(C#N)=C/c2cccs2)sc(C)c1C. The standard InChI is InChI=1S/C17H16N2O3S2/c1-4-22-17(21)14-10(2)11(3)24-16(14)19-15(20)12(9-18)8-13-6-5-7-23-13/h5-8H,4H2,1-3H3,(H,19,20)/b12-8+. The second-order valence-corrected chi connectivity index (χ2v) is 7.05. The molecule has 2 aromatic heterocycles. The Morgan fingerprint density at radius 1 is 1.42 bits per heavy atom. The molecule has 0 spiro atoms. The maximum atomic E-state index is 12.4. The Labute approximate surface area is 148 Å². The summed E-state index contributed by atoms with van der Waals surface area (Å²) in [5.74, 6) is -1.02. The van der Waals surface area contributed by atoms with Crippen LogP contribution >= 0.6 is 22.7 Å². The second kappa shape index (κ2) is 7.90. The average molecular weight is 360 g/mol. The van der Waals surface area contributed by atoms with Crippen LogP contribution in [-0.4, -0.2) is 18.5 Å². The van der Waals surface area contributed by atoms with Crippen LogP contribution in [0.4, 0.5) is 5.00 Å². The molecule has 0 atom stereocenters. The van der Waals surface area contributed by atoms with Crippen LogP contribution in [0.25, 0.3) is 6.08 Å². The molecule has 0 saturated carbocycles. The van der Waals surface area contributed by atoms with Gasteiger partial charge in [0.15, 0.2) is 0 Å². The third-order valence-electron chi connectivity index (χ3n) is 3.29. The van der Waals surface area contributed by atoms with Gasteiger partial charge in [-0.3, -0.25) is 4.79 Å². The van der Waals surface area contributed by atoms with E-state index in [0.717, 1.165) is 15.3 Å². The van der Waals surface area contributed by atoms with Crippen molar-refractivity contribution in [1.82, 2.24) is 0 Å². The van der Waals surface area contributed by atoms with E-state index in [1.54, 1.807) is 13.8 Å². The summed E-state index contributed by atoms with van der Waals surface area (Å²) in [5.41, 5.74) is 1.10. The van der Waals surface area contributed by atoms with Gasteiger partial charge in [-0.15, -0.1) is 22.7 Å². The maximum Gasteiger partial charge on any atom is 0.341 e. The van der Waals surface area contributed by atoms with E-state index in [4.69, 9.17) is 4.74 Å². The highest BCUT2D eigenvalue weighted by atomic mass is 32.1. The Balaban J connectivity index is 2.30. The minimum absolute atomic E-state index is 0.0176. The van der Waals surface area contributed by atoms with Crippen molar-refractivity contribution in [3.63, 3.8) is 0 Å². The number of anilines is 1. The number of hydrogen-bond acceptors (Lipinski definition) is 6. The Morgan fingerprint density at radius 2 is 2.17 bits per heavy atom. The summed E-state index contributed by atoms with van der Waals surface area (Å²) in [6.45, 7) is 5.65. The lowest BCUT2D eigenvalue weighted by atomic mass is 10.1. The molecule has 0 aromatic carbocycles. The van der Waals surface area contributed by atoms with E-state index >= 15 is 0 Å². The summed E-state index contributed by atoms with van der Waals surface area (Å²) in [6.07, 6.45) is 1.53. The van der Waals surface area contributed by atoms with Crippen molar-refractivity contribution in [3.8, 4) is 6.07 Å². The predicted octanol–water partition coefficient (Wildman–Crippen LogP) is 4.15. The van der Waals surface area contributed by atoms with Gasteiger partial charge in [0.2, 0.25) is 0 Å². The van der Waals surface area contributed by atoms with Crippen LogP contribution < -0.4 is 5.32 Å². The summed E-state index contributed by atoms with van der Waals surface area (Å²) < 4.78 is 5.05. The lowest BCUT2D eigenvalue weighted by Crippen LogP contribution is -2.16. The molecule has 1 N–H and O–H groups in total. The highest BCUT2D eigenvalue weighted by Gasteiger charge is 2.23. The predicted molar refractivity (Wildman–Crippen MR) is 96.3 cm³/mol. The number of hydrogen-bond donors (Lipinski definition) is 1. The Bertz CT molecular complexity index is 827. The van der Waals surface area contributed by atoms with Crippen molar-refractivity contribution < 1.29 is 14.3 Å². The molecule has 0 aliphatic carbocycles.